The lowest BCUT2D eigenvalue weighted by molar-refractivity contribution is 0.247. The van der Waals surface area contributed by atoms with Gasteiger partial charge in [0.2, 0.25) is 0 Å². The molecule has 3 aromatic rings. The number of amides is 2. The number of nitrogens with one attached hydrogen (secondary N) is 3. The van der Waals surface area contributed by atoms with Crippen molar-refractivity contribution in [3.05, 3.63) is 64.6 Å². The fourth-order valence-electron chi connectivity index (χ4n) is 2.86. The molecule has 138 valence electrons. The Bertz CT molecular complexity index is 923. The van der Waals surface area contributed by atoms with Crippen LogP contribution in [0.25, 0.3) is 0 Å². The number of benzene rings is 1. The first-order valence-corrected chi connectivity index (χ1v) is 9.84. The average Bonchev–Trinajstić information content (AvgIpc) is 3.41. The molecule has 1 fully saturated rings. The monoisotopic (exact) mass is 379 g/mol. The summed E-state index contributed by atoms with van der Waals surface area (Å²) in [6, 6.07) is 15.0. The summed E-state index contributed by atoms with van der Waals surface area (Å²) in [5.41, 5.74) is 1.93. The highest BCUT2D eigenvalue weighted by Crippen LogP contribution is 2.41. The van der Waals surface area contributed by atoms with Crippen molar-refractivity contribution in [3.8, 4) is 0 Å². The number of aryl methyl sites for hydroxylation is 1. The molecule has 0 radical (unpaired) electrons. The molecule has 0 saturated heterocycles. The van der Waals surface area contributed by atoms with Gasteiger partial charge in [0, 0.05) is 16.8 Å². The van der Waals surface area contributed by atoms with Crippen molar-refractivity contribution in [2.75, 3.05) is 10.6 Å². The highest BCUT2D eigenvalue weighted by atomic mass is 32.1. The van der Waals surface area contributed by atoms with Gasteiger partial charge in [0.15, 0.2) is 0 Å². The molecular formula is C20H21N5OS. The Morgan fingerprint density at radius 1 is 1.07 bits per heavy atom. The summed E-state index contributed by atoms with van der Waals surface area (Å²) in [7, 11) is 0. The zero-order valence-electron chi connectivity index (χ0n) is 15.0. The van der Waals surface area contributed by atoms with Crippen molar-refractivity contribution >= 4 is 34.7 Å². The molecule has 1 unspecified atom stereocenters. The summed E-state index contributed by atoms with van der Waals surface area (Å²) < 4.78 is 0. The third kappa shape index (κ3) is 4.62. The molecule has 6 nitrogen and oxygen atoms in total. The molecule has 27 heavy (non-hydrogen) atoms. The van der Waals surface area contributed by atoms with Crippen molar-refractivity contribution in [1.29, 1.82) is 0 Å². The number of para-hydroxylation sites is 1. The van der Waals surface area contributed by atoms with E-state index in [9.17, 15) is 4.79 Å². The summed E-state index contributed by atoms with van der Waals surface area (Å²) in [4.78, 5) is 21.5. The smallest absolute Gasteiger partial charge is 0.320 e. The topological polar surface area (TPSA) is 78.9 Å². The van der Waals surface area contributed by atoms with E-state index < -0.39 is 0 Å². The van der Waals surface area contributed by atoms with Crippen LogP contribution in [0.3, 0.4) is 0 Å². The van der Waals surface area contributed by atoms with Crippen molar-refractivity contribution in [1.82, 2.24) is 15.3 Å². The van der Waals surface area contributed by atoms with Gasteiger partial charge in [0.25, 0.3) is 0 Å². The van der Waals surface area contributed by atoms with Crippen LogP contribution in [0.2, 0.25) is 0 Å². The first-order chi connectivity index (χ1) is 13.2. The van der Waals surface area contributed by atoms with Crippen molar-refractivity contribution in [3.63, 3.8) is 0 Å². The van der Waals surface area contributed by atoms with Gasteiger partial charge in [-0.2, -0.15) is 0 Å². The number of hydrogen-bond donors (Lipinski definition) is 3. The highest BCUT2D eigenvalue weighted by molar-refractivity contribution is 7.09. The second kappa shape index (κ2) is 7.75. The van der Waals surface area contributed by atoms with E-state index in [0.717, 1.165) is 29.2 Å². The van der Waals surface area contributed by atoms with Crippen LogP contribution in [0.15, 0.2) is 53.9 Å². The number of carbonyl (C=O) groups excluding carboxylic acids is 1. The molecule has 0 spiro atoms. The van der Waals surface area contributed by atoms with E-state index in [1.165, 1.54) is 0 Å². The molecule has 4 rings (SSSR count). The Morgan fingerprint density at radius 3 is 2.56 bits per heavy atom. The number of thiazole rings is 1. The van der Waals surface area contributed by atoms with Crippen molar-refractivity contribution < 1.29 is 4.79 Å². The Labute approximate surface area is 162 Å². The van der Waals surface area contributed by atoms with E-state index in [0.29, 0.717) is 17.6 Å². The molecule has 2 amide bonds. The third-order valence-electron chi connectivity index (χ3n) is 4.32. The minimum absolute atomic E-state index is 0.0330. The van der Waals surface area contributed by atoms with Crippen LogP contribution >= 0.6 is 11.3 Å². The van der Waals surface area contributed by atoms with Gasteiger partial charge in [0.05, 0.1) is 6.04 Å². The van der Waals surface area contributed by atoms with Crippen LogP contribution in [0, 0.1) is 12.8 Å². The summed E-state index contributed by atoms with van der Waals surface area (Å²) in [5.74, 6) is 1.65. The molecule has 3 N–H and O–H groups in total. The lowest BCUT2D eigenvalue weighted by Crippen LogP contribution is -2.34. The first kappa shape index (κ1) is 17.5. The van der Waals surface area contributed by atoms with Crippen LogP contribution in [0.5, 0.6) is 0 Å². The van der Waals surface area contributed by atoms with E-state index in [1.807, 2.05) is 54.8 Å². The Kier molecular flexibility index (Phi) is 5.02. The quantitative estimate of drug-likeness (QED) is 0.571. The maximum atomic E-state index is 12.5. The molecule has 1 aliphatic rings. The molecule has 2 aromatic heterocycles. The minimum Gasteiger partial charge on any atom is -0.340 e. The summed E-state index contributed by atoms with van der Waals surface area (Å²) in [6.07, 6.45) is 2.25. The fourth-order valence-corrected chi connectivity index (χ4v) is 3.80. The average molecular weight is 379 g/mol. The largest absolute Gasteiger partial charge is 0.340 e. The van der Waals surface area contributed by atoms with Crippen LogP contribution in [-0.4, -0.2) is 16.0 Å². The molecule has 1 aliphatic carbocycles. The zero-order chi connectivity index (χ0) is 18.6. The van der Waals surface area contributed by atoms with Gasteiger partial charge in [-0.1, -0.05) is 24.3 Å². The molecule has 0 aliphatic heterocycles. The summed E-state index contributed by atoms with van der Waals surface area (Å²) >= 11 is 1.60. The number of aromatic nitrogens is 2. The maximum absolute atomic E-state index is 12.5. The number of nitrogens with zero attached hydrogens (tertiary/aromatic N) is 2. The van der Waals surface area contributed by atoms with Gasteiger partial charge in [-0.15, -0.1) is 11.3 Å². The highest BCUT2D eigenvalue weighted by Gasteiger charge is 2.35. The Balaban J connectivity index is 1.41. The summed E-state index contributed by atoms with van der Waals surface area (Å²) in [5, 5.41) is 12.1. The number of anilines is 3. The maximum Gasteiger partial charge on any atom is 0.320 e. The first-order valence-electron chi connectivity index (χ1n) is 8.96. The predicted octanol–water partition coefficient (Wildman–Crippen LogP) is 4.86. The number of hydrogen-bond acceptors (Lipinski definition) is 5. The van der Waals surface area contributed by atoms with Crippen LogP contribution < -0.4 is 16.0 Å². The lowest BCUT2D eigenvalue weighted by Gasteiger charge is -2.16. The molecule has 2 heterocycles. The number of urea groups is 1. The molecule has 0 bridgehead atoms. The van der Waals surface area contributed by atoms with Crippen LogP contribution in [0.4, 0.5) is 22.1 Å². The lowest BCUT2D eigenvalue weighted by atomic mass is 10.2. The fraction of sp³-hybridized carbons (Fsp3) is 0.250. The third-order valence-corrected chi connectivity index (χ3v) is 5.37. The van der Waals surface area contributed by atoms with E-state index in [4.69, 9.17) is 0 Å². The van der Waals surface area contributed by atoms with Gasteiger partial charge >= 0.3 is 6.03 Å². The Hall–Kier alpha value is -2.93. The van der Waals surface area contributed by atoms with Gasteiger partial charge in [-0.3, -0.25) is 5.32 Å². The molecule has 1 atom stereocenters. The van der Waals surface area contributed by atoms with E-state index in [-0.39, 0.29) is 12.1 Å². The molecule has 7 heteroatoms. The second-order valence-electron chi connectivity index (χ2n) is 6.64. The summed E-state index contributed by atoms with van der Waals surface area (Å²) in [6.45, 7) is 1.97. The van der Waals surface area contributed by atoms with Crippen LogP contribution in [-0.2, 0) is 0 Å². The standard InChI is InChI=1S/C20H21N5OS/c1-13-12-27-19(21-13)18(14-10-11-14)25-20(26)24-17-9-5-8-16(23-17)22-15-6-3-2-4-7-15/h2-9,12,14,18H,10-11H2,1H3,(H3,22,23,24,25,26). The SMILES string of the molecule is Cc1csc(C(NC(=O)Nc2cccc(Nc3ccccc3)n2)C2CC2)n1. The van der Waals surface area contributed by atoms with Crippen LogP contribution in [0.1, 0.15) is 29.6 Å². The number of carbonyl (C=O) groups is 1. The molecular weight excluding hydrogens is 358 g/mol. The minimum atomic E-state index is -0.260. The number of pyridine rings is 1. The molecule has 1 aromatic carbocycles. The van der Waals surface area contributed by atoms with Gasteiger partial charge in [0.1, 0.15) is 16.6 Å². The normalized spacial score (nSPS) is 14.4. The van der Waals surface area contributed by atoms with Gasteiger partial charge in [-0.25, -0.2) is 14.8 Å². The number of rotatable bonds is 6. The Morgan fingerprint density at radius 2 is 1.85 bits per heavy atom. The van der Waals surface area contributed by atoms with Gasteiger partial charge < -0.3 is 10.6 Å². The van der Waals surface area contributed by atoms with E-state index >= 15 is 0 Å². The molecule has 1 saturated carbocycles. The predicted molar refractivity (Wildman–Crippen MR) is 108 cm³/mol. The zero-order valence-corrected chi connectivity index (χ0v) is 15.8. The van der Waals surface area contributed by atoms with E-state index in [2.05, 4.69) is 25.9 Å². The van der Waals surface area contributed by atoms with Gasteiger partial charge in [-0.05, 0) is 49.9 Å². The van der Waals surface area contributed by atoms with Crippen molar-refractivity contribution in [2.45, 2.75) is 25.8 Å². The second-order valence-corrected chi connectivity index (χ2v) is 7.53. The van der Waals surface area contributed by atoms with Crippen molar-refractivity contribution in [2.24, 2.45) is 5.92 Å². The van der Waals surface area contributed by atoms with E-state index in [1.54, 1.807) is 17.4 Å².